The molecule has 4 N–H and O–H groups in total. The summed E-state index contributed by atoms with van der Waals surface area (Å²) in [7, 11) is 0. The molecule has 3 amide bonds. The molecule has 2 atom stereocenters. The Hall–Kier alpha value is -1.83. The zero-order valence-corrected chi connectivity index (χ0v) is 14.6. The maximum absolute atomic E-state index is 11.9. The van der Waals surface area contributed by atoms with E-state index in [4.69, 9.17) is 9.84 Å². The van der Waals surface area contributed by atoms with E-state index in [9.17, 15) is 14.4 Å². The van der Waals surface area contributed by atoms with Crippen molar-refractivity contribution in [1.82, 2.24) is 16.0 Å². The van der Waals surface area contributed by atoms with E-state index < -0.39 is 29.7 Å². The molecule has 134 valence electrons. The van der Waals surface area contributed by atoms with Crippen molar-refractivity contribution in [3.05, 3.63) is 0 Å². The number of aliphatic hydroxyl groups excluding tert-OH is 1. The summed E-state index contributed by atoms with van der Waals surface area (Å²) in [6, 6.07) is -1.55. The summed E-state index contributed by atoms with van der Waals surface area (Å²) in [4.78, 5) is 35.3. The van der Waals surface area contributed by atoms with Crippen LogP contribution in [0, 0.1) is 0 Å². The molecule has 23 heavy (non-hydrogen) atoms. The number of nitrogens with one attached hydrogen (secondary N) is 3. The van der Waals surface area contributed by atoms with Gasteiger partial charge in [0.15, 0.2) is 0 Å². The summed E-state index contributed by atoms with van der Waals surface area (Å²) in [5.41, 5.74) is -0.651. The highest BCUT2D eigenvalue weighted by Gasteiger charge is 2.23. The van der Waals surface area contributed by atoms with E-state index in [0.29, 0.717) is 19.4 Å². The molecule has 0 aromatic heterocycles. The molecule has 0 spiro atoms. The number of carbonyl (C=O) groups is 3. The van der Waals surface area contributed by atoms with Gasteiger partial charge in [0.25, 0.3) is 0 Å². The molecule has 0 saturated carbocycles. The SMILES string of the molecule is C[C@H](NC(=O)OC(C)(C)C)C(=O)N[C@@H](C)C(=O)NCCCCO. The minimum atomic E-state index is -0.825. The molecule has 0 radical (unpaired) electrons. The summed E-state index contributed by atoms with van der Waals surface area (Å²) in [5.74, 6) is -0.797. The van der Waals surface area contributed by atoms with Crippen molar-refractivity contribution in [2.75, 3.05) is 13.2 Å². The predicted molar refractivity (Wildman–Crippen MR) is 85.8 cm³/mol. The summed E-state index contributed by atoms with van der Waals surface area (Å²) >= 11 is 0. The summed E-state index contributed by atoms with van der Waals surface area (Å²) in [6.07, 6.45) is 0.582. The Morgan fingerprint density at radius 1 is 1.00 bits per heavy atom. The molecule has 8 heteroatoms. The Balaban J connectivity index is 4.19. The van der Waals surface area contributed by atoms with E-state index in [-0.39, 0.29) is 12.5 Å². The maximum atomic E-state index is 11.9. The van der Waals surface area contributed by atoms with Gasteiger partial charge in [-0.15, -0.1) is 0 Å². The van der Waals surface area contributed by atoms with Gasteiger partial charge in [-0.3, -0.25) is 9.59 Å². The molecule has 0 heterocycles. The number of unbranched alkanes of at least 4 members (excludes halogenated alkanes) is 1. The van der Waals surface area contributed by atoms with Crippen molar-refractivity contribution in [3.63, 3.8) is 0 Å². The first-order valence-corrected chi connectivity index (χ1v) is 7.75. The van der Waals surface area contributed by atoms with Crippen molar-refractivity contribution >= 4 is 17.9 Å². The number of hydrogen-bond donors (Lipinski definition) is 4. The van der Waals surface area contributed by atoms with Gasteiger partial charge in [0, 0.05) is 13.2 Å². The van der Waals surface area contributed by atoms with Gasteiger partial charge in [-0.2, -0.15) is 0 Å². The van der Waals surface area contributed by atoms with Gasteiger partial charge in [0.1, 0.15) is 17.7 Å². The fourth-order valence-electron chi connectivity index (χ4n) is 1.56. The molecule has 0 bridgehead atoms. The second kappa shape index (κ2) is 10.0. The second-order valence-electron chi connectivity index (χ2n) is 6.32. The lowest BCUT2D eigenvalue weighted by molar-refractivity contribution is -0.129. The van der Waals surface area contributed by atoms with Crippen LogP contribution in [0.5, 0.6) is 0 Å². The minimum Gasteiger partial charge on any atom is -0.444 e. The largest absolute Gasteiger partial charge is 0.444 e. The van der Waals surface area contributed by atoms with E-state index in [1.807, 2.05) is 0 Å². The zero-order chi connectivity index (χ0) is 18.0. The number of hydrogen-bond acceptors (Lipinski definition) is 5. The molecular weight excluding hydrogens is 302 g/mol. The normalized spacial score (nSPS) is 13.7. The molecule has 8 nitrogen and oxygen atoms in total. The van der Waals surface area contributed by atoms with Crippen molar-refractivity contribution in [2.45, 2.75) is 65.1 Å². The first-order valence-electron chi connectivity index (χ1n) is 7.75. The Labute approximate surface area is 137 Å². The first kappa shape index (κ1) is 21.2. The van der Waals surface area contributed by atoms with Crippen LogP contribution in [0.1, 0.15) is 47.5 Å². The Morgan fingerprint density at radius 2 is 1.57 bits per heavy atom. The highest BCUT2D eigenvalue weighted by atomic mass is 16.6. The second-order valence-corrected chi connectivity index (χ2v) is 6.32. The van der Waals surface area contributed by atoms with Crippen molar-refractivity contribution in [1.29, 1.82) is 0 Å². The molecule has 0 aliphatic rings. The predicted octanol–water partition coefficient (Wildman–Crippen LogP) is 0.293. The Kier molecular flexibility index (Phi) is 9.24. The molecule has 0 unspecified atom stereocenters. The van der Waals surface area contributed by atoms with E-state index in [0.717, 1.165) is 0 Å². The third kappa shape index (κ3) is 10.5. The molecule has 0 saturated heterocycles. The van der Waals surface area contributed by atoms with Gasteiger partial charge in [0.2, 0.25) is 11.8 Å². The van der Waals surface area contributed by atoms with Crippen molar-refractivity contribution < 1.29 is 24.2 Å². The third-order valence-corrected chi connectivity index (χ3v) is 2.76. The fourth-order valence-corrected chi connectivity index (χ4v) is 1.56. The van der Waals surface area contributed by atoms with Crippen LogP contribution in [0.2, 0.25) is 0 Å². The molecule has 0 aromatic rings. The molecule has 0 rings (SSSR count). The lowest BCUT2D eigenvalue weighted by Crippen LogP contribution is -2.52. The quantitative estimate of drug-likeness (QED) is 0.477. The number of rotatable bonds is 8. The highest BCUT2D eigenvalue weighted by molar-refractivity contribution is 5.90. The lowest BCUT2D eigenvalue weighted by atomic mass is 10.2. The summed E-state index contributed by atoms with van der Waals surface area (Å²) in [5, 5.41) is 16.2. The smallest absolute Gasteiger partial charge is 0.408 e. The highest BCUT2D eigenvalue weighted by Crippen LogP contribution is 2.06. The fraction of sp³-hybridized carbons (Fsp3) is 0.800. The average molecular weight is 331 g/mol. The number of alkyl carbamates (subject to hydrolysis) is 1. The van der Waals surface area contributed by atoms with Crippen LogP contribution in [-0.4, -0.2) is 53.9 Å². The summed E-state index contributed by atoms with van der Waals surface area (Å²) in [6.45, 7) is 8.74. The summed E-state index contributed by atoms with van der Waals surface area (Å²) < 4.78 is 5.06. The van der Waals surface area contributed by atoms with E-state index in [2.05, 4.69) is 16.0 Å². The topological polar surface area (TPSA) is 117 Å². The van der Waals surface area contributed by atoms with Crippen LogP contribution in [0.25, 0.3) is 0 Å². The van der Waals surface area contributed by atoms with Crippen LogP contribution in [0.4, 0.5) is 4.79 Å². The third-order valence-electron chi connectivity index (χ3n) is 2.76. The van der Waals surface area contributed by atoms with Crippen molar-refractivity contribution in [3.8, 4) is 0 Å². The van der Waals surface area contributed by atoms with Gasteiger partial charge in [-0.25, -0.2) is 4.79 Å². The average Bonchev–Trinajstić information content (AvgIpc) is 2.40. The van der Waals surface area contributed by atoms with Gasteiger partial charge in [0.05, 0.1) is 0 Å². The van der Waals surface area contributed by atoms with Gasteiger partial charge in [-0.05, 0) is 47.5 Å². The minimum absolute atomic E-state index is 0.0794. The first-order chi connectivity index (χ1) is 10.6. The van der Waals surface area contributed by atoms with Crippen LogP contribution >= 0.6 is 0 Å². The van der Waals surface area contributed by atoms with E-state index in [1.165, 1.54) is 6.92 Å². The number of carbonyl (C=O) groups excluding carboxylic acids is 3. The van der Waals surface area contributed by atoms with E-state index >= 15 is 0 Å². The molecular formula is C15H29N3O5. The van der Waals surface area contributed by atoms with Crippen molar-refractivity contribution in [2.24, 2.45) is 0 Å². The lowest BCUT2D eigenvalue weighted by Gasteiger charge is -2.22. The van der Waals surface area contributed by atoms with Crippen LogP contribution < -0.4 is 16.0 Å². The molecule has 0 fully saturated rings. The Morgan fingerprint density at radius 3 is 2.09 bits per heavy atom. The van der Waals surface area contributed by atoms with Gasteiger partial charge >= 0.3 is 6.09 Å². The van der Waals surface area contributed by atoms with E-state index in [1.54, 1.807) is 27.7 Å². The van der Waals surface area contributed by atoms with Crippen LogP contribution in [-0.2, 0) is 14.3 Å². The monoisotopic (exact) mass is 331 g/mol. The number of amides is 3. The number of aliphatic hydroxyl groups is 1. The van der Waals surface area contributed by atoms with Gasteiger partial charge < -0.3 is 25.8 Å². The Bertz CT molecular complexity index is 406. The number of ether oxygens (including phenoxy) is 1. The standard InChI is InChI=1S/C15H29N3O5/c1-10(12(20)16-8-6-7-9-19)17-13(21)11(2)18-14(22)23-15(3,4)5/h10-11,19H,6-9H2,1-5H3,(H,16,20)(H,17,21)(H,18,22)/t10-,11-/m0/s1. The molecule has 0 aliphatic heterocycles. The molecule has 0 aromatic carbocycles. The van der Waals surface area contributed by atoms with Crippen LogP contribution in [0.3, 0.4) is 0 Å². The van der Waals surface area contributed by atoms with Crippen LogP contribution in [0.15, 0.2) is 0 Å². The maximum Gasteiger partial charge on any atom is 0.408 e. The molecule has 0 aliphatic carbocycles. The van der Waals surface area contributed by atoms with Gasteiger partial charge in [-0.1, -0.05) is 0 Å². The zero-order valence-electron chi connectivity index (χ0n) is 14.6.